The molecule has 0 aliphatic rings. The zero-order chi connectivity index (χ0) is 14.4. The van der Waals surface area contributed by atoms with E-state index in [1.54, 1.807) is 0 Å². The Hall–Kier alpha value is -0.830. The van der Waals surface area contributed by atoms with Crippen LogP contribution in [0.5, 0.6) is 0 Å². The molecule has 1 heterocycles. The lowest BCUT2D eigenvalue weighted by Gasteiger charge is -2.13. The molecule has 1 aromatic rings. The highest BCUT2D eigenvalue weighted by atomic mass is 35.5. The van der Waals surface area contributed by atoms with E-state index in [-0.39, 0.29) is 0 Å². The van der Waals surface area contributed by atoms with Gasteiger partial charge in [0.15, 0.2) is 0 Å². The number of aromatic nitrogens is 2. The van der Waals surface area contributed by atoms with Gasteiger partial charge in [0.2, 0.25) is 0 Å². The summed E-state index contributed by atoms with van der Waals surface area (Å²) < 4.78 is 0. The van der Waals surface area contributed by atoms with Crippen LogP contribution in [0.2, 0.25) is 5.15 Å². The topological polar surface area (TPSA) is 37.8 Å². The minimum Gasteiger partial charge on any atom is -0.370 e. The second kappa shape index (κ2) is 7.68. The van der Waals surface area contributed by atoms with Crippen LogP contribution in [0.3, 0.4) is 0 Å². The van der Waals surface area contributed by atoms with Crippen molar-refractivity contribution in [1.29, 1.82) is 0 Å². The van der Waals surface area contributed by atoms with Crippen molar-refractivity contribution < 1.29 is 0 Å². The van der Waals surface area contributed by atoms with Crippen LogP contribution in [0.25, 0.3) is 0 Å². The fourth-order valence-corrected chi connectivity index (χ4v) is 2.00. The number of unbranched alkanes of at least 4 members (excludes halogenated alkanes) is 1. The molecule has 0 aromatic carbocycles. The fraction of sp³-hybridized carbons (Fsp3) is 0.733. The molecule has 0 unspecified atom stereocenters. The summed E-state index contributed by atoms with van der Waals surface area (Å²) in [6.45, 7) is 11.6. The minimum atomic E-state index is 0.291. The smallest absolute Gasteiger partial charge is 0.137 e. The van der Waals surface area contributed by atoms with Crippen molar-refractivity contribution in [1.82, 2.24) is 9.97 Å². The molecule has 108 valence electrons. The van der Waals surface area contributed by atoms with E-state index in [0.717, 1.165) is 36.1 Å². The predicted octanol–water partition coefficient (Wildman–Crippen LogP) is 4.80. The van der Waals surface area contributed by atoms with Gasteiger partial charge in [-0.05, 0) is 19.3 Å². The molecule has 0 aliphatic heterocycles. The summed E-state index contributed by atoms with van der Waals surface area (Å²) in [4.78, 5) is 8.87. The van der Waals surface area contributed by atoms with E-state index in [1.165, 1.54) is 12.8 Å². The monoisotopic (exact) mass is 283 g/mol. The van der Waals surface area contributed by atoms with E-state index < -0.39 is 0 Å². The summed E-state index contributed by atoms with van der Waals surface area (Å²) in [6, 6.07) is 0. The molecule has 0 amide bonds. The molecule has 0 spiro atoms. The van der Waals surface area contributed by atoms with Gasteiger partial charge in [-0.2, -0.15) is 0 Å². The summed E-state index contributed by atoms with van der Waals surface area (Å²) in [5.74, 6) is 2.76. The first-order valence-corrected chi connectivity index (χ1v) is 7.57. The van der Waals surface area contributed by atoms with Gasteiger partial charge in [0, 0.05) is 18.0 Å². The second-order valence-electron chi connectivity index (χ2n) is 5.82. The summed E-state index contributed by atoms with van der Waals surface area (Å²) in [5, 5.41) is 3.95. The Kier molecular flexibility index (Phi) is 6.56. The average Bonchev–Trinajstić information content (AvgIpc) is 2.33. The van der Waals surface area contributed by atoms with E-state index >= 15 is 0 Å². The first-order chi connectivity index (χ1) is 8.91. The highest BCUT2D eigenvalue weighted by molar-refractivity contribution is 6.30. The molecule has 3 nitrogen and oxygen atoms in total. The molecular formula is C15H26ClN3. The third-order valence-electron chi connectivity index (χ3n) is 3.12. The highest BCUT2D eigenvalue weighted by Gasteiger charge is 2.11. The number of hydrogen-bond donors (Lipinski definition) is 1. The number of anilines is 1. The van der Waals surface area contributed by atoms with Crippen LogP contribution in [-0.4, -0.2) is 16.5 Å². The minimum absolute atomic E-state index is 0.291. The van der Waals surface area contributed by atoms with Crippen molar-refractivity contribution in [3.05, 3.63) is 16.5 Å². The van der Waals surface area contributed by atoms with Gasteiger partial charge in [-0.3, -0.25) is 0 Å². The van der Waals surface area contributed by atoms with Crippen molar-refractivity contribution in [3.63, 3.8) is 0 Å². The van der Waals surface area contributed by atoms with Crippen LogP contribution in [-0.2, 0) is 0 Å². The van der Waals surface area contributed by atoms with Crippen LogP contribution < -0.4 is 5.32 Å². The van der Waals surface area contributed by atoms with E-state index in [0.29, 0.717) is 11.1 Å². The number of nitrogens with one attached hydrogen (secondary N) is 1. The lowest BCUT2D eigenvalue weighted by Crippen LogP contribution is -2.09. The Balaban J connectivity index is 2.57. The summed E-state index contributed by atoms with van der Waals surface area (Å²) in [5.41, 5.74) is 0.940. The maximum atomic E-state index is 6.15. The third-order valence-corrected chi connectivity index (χ3v) is 3.49. The van der Waals surface area contributed by atoms with E-state index in [4.69, 9.17) is 11.6 Å². The Morgan fingerprint density at radius 2 is 1.79 bits per heavy atom. The van der Waals surface area contributed by atoms with Gasteiger partial charge in [0.25, 0.3) is 0 Å². The molecule has 1 N–H and O–H groups in total. The van der Waals surface area contributed by atoms with Gasteiger partial charge >= 0.3 is 0 Å². The number of nitrogens with zero attached hydrogens (tertiary/aromatic N) is 2. The Morgan fingerprint density at radius 3 is 2.37 bits per heavy atom. The zero-order valence-corrected chi connectivity index (χ0v) is 13.5. The third kappa shape index (κ3) is 5.35. The highest BCUT2D eigenvalue weighted by Crippen LogP contribution is 2.22. The Morgan fingerprint density at radius 1 is 1.11 bits per heavy atom. The van der Waals surface area contributed by atoms with Crippen LogP contribution in [0.4, 0.5) is 5.82 Å². The normalized spacial score (nSPS) is 11.4. The van der Waals surface area contributed by atoms with Crippen molar-refractivity contribution in [2.75, 3.05) is 11.9 Å². The molecule has 1 aromatic heterocycles. The molecule has 0 saturated heterocycles. The molecule has 0 atom stereocenters. The number of rotatable bonds is 7. The molecule has 19 heavy (non-hydrogen) atoms. The lowest BCUT2D eigenvalue weighted by atomic mass is 10.1. The largest absolute Gasteiger partial charge is 0.370 e. The van der Waals surface area contributed by atoms with Gasteiger partial charge in [-0.1, -0.05) is 52.1 Å². The van der Waals surface area contributed by atoms with Crippen molar-refractivity contribution in [2.45, 2.75) is 59.8 Å². The lowest BCUT2D eigenvalue weighted by molar-refractivity contribution is 0.544. The maximum Gasteiger partial charge on any atom is 0.137 e. The van der Waals surface area contributed by atoms with Crippen molar-refractivity contribution >= 4 is 17.4 Å². The second-order valence-corrected chi connectivity index (χ2v) is 6.18. The summed E-state index contributed by atoms with van der Waals surface area (Å²) in [7, 11) is 0. The van der Waals surface area contributed by atoms with Crippen molar-refractivity contribution in [2.24, 2.45) is 5.92 Å². The zero-order valence-electron chi connectivity index (χ0n) is 12.8. The number of halogens is 1. The van der Waals surface area contributed by atoms with Crippen LogP contribution in [0.15, 0.2) is 0 Å². The number of hydrogen-bond acceptors (Lipinski definition) is 3. The standard InChI is InChI=1S/C15H26ClN3/c1-10(2)8-6-7-9-17-15-12(5)13(16)18-14(19-15)11(3)4/h10-11H,6-9H2,1-5H3,(H,17,18,19). The molecule has 1 rings (SSSR count). The quantitative estimate of drug-likeness (QED) is 0.577. The SMILES string of the molecule is Cc1c(Cl)nc(C(C)C)nc1NCCCCC(C)C. The van der Waals surface area contributed by atoms with E-state index in [9.17, 15) is 0 Å². The Bertz CT molecular complexity index is 403. The van der Waals surface area contributed by atoms with Gasteiger partial charge in [-0.25, -0.2) is 9.97 Å². The van der Waals surface area contributed by atoms with Crippen LogP contribution >= 0.6 is 11.6 Å². The average molecular weight is 284 g/mol. The summed E-state index contributed by atoms with van der Waals surface area (Å²) in [6.07, 6.45) is 3.69. The van der Waals surface area contributed by atoms with Crippen LogP contribution in [0.1, 0.15) is 64.3 Å². The van der Waals surface area contributed by atoms with E-state index in [1.807, 2.05) is 6.92 Å². The summed E-state index contributed by atoms with van der Waals surface area (Å²) >= 11 is 6.15. The molecular weight excluding hydrogens is 258 g/mol. The van der Waals surface area contributed by atoms with Crippen molar-refractivity contribution in [3.8, 4) is 0 Å². The van der Waals surface area contributed by atoms with Crippen LogP contribution in [0, 0.1) is 12.8 Å². The fourth-order valence-electron chi connectivity index (χ4n) is 1.82. The van der Waals surface area contributed by atoms with Gasteiger partial charge < -0.3 is 5.32 Å². The van der Waals surface area contributed by atoms with Gasteiger partial charge in [0.1, 0.15) is 16.8 Å². The maximum absolute atomic E-state index is 6.15. The molecule has 0 aliphatic carbocycles. The molecule has 4 heteroatoms. The van der Waals surface area contributed by atoms with Gasteiger partial charge in [-0.15, -0.1) is 0 Å². The Labute approximate surface area is 122 Å². The molecule has 0 fully saturated rings. The first-order valence-electron chi connectivity index (χ1n) is 7.19. The molecule has 0 bridgehead atoms. The van der Waals surface area contributed by atoms with E-state index in [2.05, 4.69) is 43.0 Å². The molecule has 0 saturated carbocycles. The molecule has 0 radical (unpaired) electrons. The first kappa shape index (κ1) is 16.2. The van der Waals surface area contributed by atoms with Gasteiger partial charge in [0.05, 0.1) is 0 Å². The predicted molar refractivity (Wildman–Crippen MR) is 83.0 cm³/mol.